The Hall–Kier alpha value is -2.24. The van der Waals surface area contributed by atoms with Gasteiger partial charge in [-0.05, 0) is 25.5 Å². The number of nitrogens with zero attached hydrogens (tertiary/aromatic N) is 4. The van der Waals surface area contributed by atoms with Crippen molar-refractivity contribution >= 4 is 11.6 Å². The molecule has 2 aromatic rings. The monoisotopic (exact) mass is 258 g/mol. The third-order valence-corrected chi connectivity index (χ3v) is 2.71. The average Bonchev–Trinajstić information content (AvgIpc) is 2.46. The van der Waals surface area contributed by atoms with Crippen LogP contribution in [0.5, 0.6) is 0 Å². The fourth-order valence-electron chi connectivity index (χ4n) is 1.82. The summed E-state index contributed by atoms with van der Waals surface area (Å²) < 4.78 is 0. The van der Waals surface area contributed by atoms with Crippen LogP contribution in [0.4, 0.5) is 11.6 Å². The van der Waals surface area contributed by atoms with Crippen LogP contribution in [0, 0.1) is 0 Å². The van der Waals surface area contributed by atoms with Crippen LogP contribution >= 0.6 is 0 Å². The van der Waals surface area contributed by atoms with E-state index in [9.17, 15) is 0 Å². The average molecular weight is 258 g/mol. The lowest BCUT2D eigenvalue weighted by atomic mass is 10.2. The summed E-state index contributed by atoms with van der Waals surface area (Å²) in [4.78, 5) is 8.56. The van der Waals surface area contributed by atoms with Crippen molar-refractivity contribution in [2.24, 2.45) is 0 Å². The summed E-state index contributed by atoms with van der Waals surface area (Å²) >= 11 is 0. The fraction of sp³-hybridized carbons (Fsp3) is 0.385. The van der Waals surface area contributed by atoms with Crippen molar-refractivity contribution in [3.05, 3.63) is 35.9 Å². The van der Waals surface area contributed by atoms with Gasteiger partial charge in [-0.25, -0.2) is 9.97 Å². The second-order valence-corrected chi connectivity index (χ2v) is 4.00. The molecule has 0 saturated carbocycles. The van der Waals surface area contributed by atoms with E-state index in [4.69, 9.17) is 0 Å². The SMILES string of the molecule is CCNc1ncnc(NCc2cccnn2)c1CC. The molecule has 2 N–H and O–H groups in total. The van der Waals surface area contributed by atoms with Crippen LogP contribution < -0.4 is 10.6 Å². The third kappa shape index (κ3) is 3.37. The van der Waals surface area contributed by atoms with E-state index in [1.165, 1.54) is 0 Å². The number of hydrogen-bond acceptors (Lipinski definition) is 6. The van der Waals surface area contributed by atoms with Gasteiger partial charge in [-0.2, -0.15) is 10.2 Å². The fourth-order valence-corrected chi connectivity index (χ4v) is 1.82. The van der Waals surface area contributed by atoms with Gasteiger partial charge in [0.2, 0.25) is 0 Å². The lowest BCUT2D eigenvalue weighted by molar-refractivity contribution is 0.912. The maximum atomic E-state index is 4.30. The lowest BCUT2D eigenvalue weighted by Gasteiger charge is -2.13. The zero-order valence-corrected chi connectivity index (χ0v) is 11.2. The smallest absolute Gasteiger partial charge is 0.135 e. The highest BCUT2D eigenvalue weighted by Gasteiger charge is 2.08. The quantitative estimate of drug-likeness (QED) is 0.824. The Morgan fingerprint density at radius 1 is 1.11 bits per heavy atom. The highest BCUT2D eigenvalue weighted by Crippen LogP contribution is 2.20. The first kappa shape index (κ1) is 13.2. The molecule has 0 aliphatic carbocycles. The Morgan fingerprint density at radius 2 is 1.89 bits per heavy atom. The molecular formula is C13H18N6. The molecule has 19 heavy (non-hydrogen) atoms. The molecule has 100 valence electrons. The summed E-state index contributed by atoms with van der Waals surface area (Å²) in [5.41, 5.74) is 1.97. The third-order valence-electron chi connectivity index (χ3n) is 2.71. The Kier molecular flexibility index (Phi) is 4.60. The summed E-state index contributed by atoms with van der Waals surface area (Å²) in [6.07, 6.45) is 4.09. The maximum absolute atomic E-state index is 4.30. The Bertz CT molecular complexity index is 514. The predicted molar refractivity (Wildman–Crippen MR) is 74.9 cm³/mol. The molecule has 0 radical (unpaired) electrons. The molecule has 0 aromatic carbocycles. The van der Waals surface area contributed by atoms with E-state index in [0.717, 1.165) is 35.9 Å². The van der Waals surface area contributed by atoms with Crippen LogP contribution in [0.1, 0.15) is 25.1 Å². The number of rotatable bonds is 6. The van der Waals surface area contributed by atoms with E-state index >= 15 is 0 Å². The second kappa shape index (κ2) is 6.63. The van der Waals surface area contributed by atoms with E-state index < -0.39 is 0 Å². The minimum absolute atomic E-state index is 0.601. The van der Waals surface area contributed by atoms with Gasteiger partial charge in [0.05, 0.1) is 12.2 Å². The highest BCUT2D eigenvalue weighted by molar-refractivity contribution is 5.57. The number of anilines is 2. The molecule has 6 nitrogen and oxygen atoms in total. The molecule has 0 aliphatic heterocycles. The van der Waals surface area contributed by atoms with Crippen LogP contribution in [0.25, 0.3) is 0 Å². The van der Waals surface area contributed by atoms with Crippen LogP contribution in [-0.2, 0) is 13.0 Å². The Morgan fingerprint density at radius 3 is 2.53 bits per heavy atom. The normalized spacial score (nSPS) is 10.2. The molecule has 2 aromatic heterocycles. The van der Waals surface area contributed by atoms with Gasteiger partial charge in [-0.15, -0.1) is 0 Å². The van der Waals surface area contributed by atoms with Crippen LogP contribution in [0.2, 0.25) is 0 Å². The molecule has 6 heteroatoms. The molecule has 0 unspecified atom stereocenters. The largest absolute Gasteiger partial charge is 0.370 e. The van der Waals surface area contributed by atoms with Crippen LogP contribution in [0.3, 0.4) is 0 Å². The molecule has 0 fully saturated rings. The number of aromatic nitrogens is 4. The first-order chi connectivity index (χ1) is 9.35. The van der Waals surface area contributed by atoms with Crippen molar-refractivity contribution < 1.29 is 0 Å². The van der Waals surface area contributed by atoms with Gasteiger partial charge in [0.15, 0.2) is 0 Å². The molecule has 0 bridgehead atoms. The first-order valence-electron chi connectivity index (χ1n) is 6.43. The summed E-state index contributed by atoms with van der Waals surface area (Å²) in [6.45, 7) is 5.58. The van der Waals surface area contributed by atoms with Crippen LogP contribution in [0.15, 0.2) is 24.7 Å². The van der Waals surface area contributed by atoms with Gasteiger partial charge < -0.3 is 10.6 Å². The predicted octanol–water partition coefficient (Wildman–Crippen LogP) is 1.87. The highest BCUT2D eigenvalue weighted by atomic mass is 15.1. The van der Waals surface area contributed by atoms with Gasteiger partial charge in [0.1, 0.15) is 18.0 Å². The van der Waals surface area contributed by atoms with Gasteiger partial charge in [0.25, 0.3) is 0 Å². The van der Waals surface area contributed by atoms with E-state index in [0.29, 0.717) is 6.54 Å². The molecule has 0 saturated heterocycles. The van der Waals surface area contributed by atoms with Gasteiger partial charge in [-0.1, -0.05) is 6.92 Å². The second-order valence-electron chi connectivity index (χ2n) is 4.00. The molecule has 0 atom stereocenters. The molecule has 0 aliphatic rings. The van der Waals surface area contributed by atoms with Gasteiger partial charge >= 0.3 is 0 Å². The summed E-state index contributed by atoms with van der Waals surface area (Å²) in [5.74, 6) is 1.74. The molecule has 2 rings (SSSR count). The van der Waals surface area contributed by atoms with Crippen molar-refractivity contribution in [2.45, 2.75) is 26.8 Å². The zero-order chi connectivity index (χ0) is 13.5. The van der Waals surface area contributed by atoms with E-state index in [-0.39, 0.29) is 0 Å². The summed E-state index contributed by atoms with van der Waals surface area (Å²) in [6, 6.07) is 3.80. The molecule has 2 heterocycles. The minimum Gasteiger partial charge on any atom is -0.370 e. The zero-order valence-electron chi connectivity index (χ0n) is 11.2. The van der Waals surface area contributed by atoms with E-state index in [1.807, 2.05) is 19.1 Å². The molecular weight excluding hydrogens is 240 g/mol. The maximum Gasteiger partial charge on any atom is 0.135 e. The topological polar surface area (TPSA) is 75.6 Å². The standard InChI is InChI=1S/C13H18N6/c1-3-11-12(14-4-2)16-9-17-13(11)15-8-10-6-5-7-18-19-10/h5-7,9H,3-4,8H2,1-2H3,(H2,14,15,16,17). The lowest BCUT2D eigenvalue weighted by Crippen LogP contribution is -2.10. The summed E-state index contributed by atoms with van der Waals surface area (Å²) in [5, 5.41) is 14.4. The number of nitrogens with one attached hydrogen (secondary N) is 2. The van der Waals surface area contributed by atoms with Crippen LogP contribution in [-0.4, -0.2) is 26.7 Å². The Labute approximate surface area is 112 Å². The summed E-state index contributed by atoms with van der Waals surface area (Å²) in [7, 11) is 0. The molecule has 0 amide bonds. The number of hydrogen-bond donors (Lipinski definition) is 2. The van der Waals surface area contributed by atoms with Gasteiger partial charge in [0, 0.05) is 18.3 Å². The minimum atomic E-state index is 0.601. The van der Waals surface area contributed by atoms with Gasteiger partial charge in [-0.3, -0.25) is 0 Å². The van der Waals surface area contributed by atoms with E-state index in [2.05, 4.69) is 37.7 Å². The van der Waals surface area contributed by atoms with Crippen molar-refractivity contribution in [2.75, 3.05) is 17.2 Å². The van der Waals surface area contributed by atoms with Crippen molar-refractivity contribution in [1.29, 1.82) is 0 Å². The Balaban J connectivity index is 2.13. The van der Waals surface area contributed by atoms with Crippen molar-refractivity contribution in [1.82, 2.24) is 20.2 Å². The van der Waals surface area contributed by atoms with E-state index in [1.54, 1.807) is 12.5 Å². The van der Waals surface area contributed by atoms with Crippen molar-refractivity contribution in [3.63, 3.8) is 0 Å². The van der Waals surface area contributed by atoms with Crippen molar-refractivity contribution in [3.8, 4) is 0 Å². The first-order valence-corrected chi connectivity index (χ1v) is 6.43. The molecule has 0 spiro atoms.